The Morgan fingerprint density at radius 2 is 1.44 bits per heavy atom. The third kappa shape index (κ3) is 18.7. The zero-order valence-electron chi connectivity index (χ0n) is 8.25. The van der Waals surface area contributed by atoms with Crippen molar-refractivity contribution in [2.24, 2.45) is 0 Å². The first-order chi connectivity index (χ1) is 7.25. The van der Waals surface area contributed by atoms with Crippen LogP contribution in [0.1, 0.15) is 6.42 Å². The minimum absolute atomic E-state index is 0. The third-order valence-corrected chi connectivity index (χ3v) is 2.08. The summed E-state index contributed by atoms with van der Waals surface area (Å²) in [6, 6.07) is 0. The molecule has 0 rings (SSSR count). The smallest absolute Gasteiger partial charge is 0.822 e. The number of carbonyl (C=O) groups is 2. The molecule has 14 heteroatoms. The Morgan fingerprint density at radius 3 is 1.50 bits per heavy atom. The Bertz CT molecular complexity index is 414. The predicted octanol–water partition coefficient (Wildman–Crippen LogP) is -4.02. The van der Waals surface area contributed by atoms with Crippen molar-refractivity contribution in [2.45, 2.75) is 11.7 Å². The summed E-state index contributed by atoms with van der Waals surface area (Å²) in [5.41, 5.74) is 0. The van der Waals surface area contributed by atoms with E-state index in [-0.39, 0.29) is 41.7 Å². The van der Waals surface area contributed by atoms with Crippen molar-refractivity contribution in [1.82, 2.24) is 0 Å². The number of hydrogen-bond donors (Lipinski definition) is 3. The maximum Gasteiger partial charge on any atom is 3.00 e. The number of rotatable bonds is 4. The molecule has 1 unspecified atom stereocenters. The van der Waals surface area contributed by atoms with E-state index in [1.165, 1.54) is 0 Å². The second-order valence-corrected chi connectivity index (χ2v) is 4.88. The fourth-order valence-electron chi connectivity index (χ4n) is 0.479. The van der Waals surface area contributed by atoms with Gasteiger partial charge in [0.1, 0.15) is 0 Å². The van der Waals surface area contributed by atoms with Crippen LogP contribution in [-0.2, 0) is 24.3 Å². The van der Waals surface area contributed by atoms with Gasteiger partial charge in [0.15, 0.2) is 5.25 Å². The first-order valence-electron chi connectivity index (χ1n) is 3.39. The molecule has 0 bridgehead atoms. The zero-order valence-corrected chi connectivity index (χ0v) is 13.1. The van der Waals surface area contributed by atoms with Gasteiger partial charge in [-0.25, -0.2) is 0 Å². The molecule has 103 valence electrons. The summed E-state index contributed by atoms with van der Waals surface area (Å²) in [6.45, 7) is 0. The molecular formula is C4H6CeO11PS. The van der Waals surface area contributed by atoms with Crippen LogP contribution in [0, 0.1) is 41.7 Å². The molecular weight excluding hydrogens is 427 g/mol. The van der Waals surface area contributed by atoms with Gasteiger partial charge in [-0.15, -0.1) is 0 Å². The number of aliphatic carboxylic acids is 2. The second-order valence-electron chi connectivity index (χ2n) is 2.39. The van der Waals surface area contributed by atoms with Gasteiger partial charge in [-0.2, -0.15) is 16.2 Å². The molecule has 0 aliphatic rings. The Morgan fingerprint density at radius 1 is 1.17 bits per heavy atom. The minimum atomic E-state index is -5.39. The maximum atomic E-state index is 10.2. The van der Waals surface area contributed by atoms with E-state index in [4.69, 9.17) is 34.0 Å². The average molecular weight is 433 g/mol. The van der Waals surface area contributed by atoms with Gasteiger partial charge in [0, 0.05) is 0 Å². The molecule has 0 aromatic rings. The zero-order chi connectivity index (χ0) is 14.4. The van der Waals surface area contributed by atoms with Gasteiger partial charge >= 0.3 is 53.7 Å². The number of carboxylic acid groups (broad SMARTS) is 2. The van der Waals surface area contributed by atoms with Crippen molar-refractivity contribution < 1.29 is 93.8 Å². The third-order valence-electron chi connectivity index (χ3n) is 0.995. The maximum absolute atomic E-state index is 10.2. The standard InChI is InChI=1S/C4H6O7S.Ce.H3O4P/c5-3(6)1-2(4(7)8)12(9,10)11;;1-5(2,3)4/h2H,1H2,(H,5,6)(H,7,8)(H,9,10,11);;(H3,1,2,3,4)/q;+3;/p-3. The van der Waals surface area contributed by atoms with Crippen LogP contribution in [0.4, 0.5) is 0 Å². The van der Waals surface area contributed by atoms with Gasteiger partial charge in [0.2, 0.25) is 0 Å². The Kier molecular flexibility index (Phi) is 12.1. The summed E-state index contributed by atoms with van der Waals surface area (Å²) in [5, 5.41) is 13.9. The molecule has 0 saturated carbocycles. The van der Waals surface area contributed by atoms with Crippen LogP contribution in [-0.4, -0.2) is 40.4 Å². The molecule has 0 amide bonds. The van der Waals surface area contributed by atoms with Crippen molar-refractivity contribution in [2.75, 3.05) is 0 Å². The summed E-state index contributed by atoms with van der Waals surface area (Å²) < 4.78 is 37.2. The van der Waals surface area contributed by atoms with Crippen LogP contribution in [0.3, 0.4) is 0 Å². The van der Waals surface area contributed by atoms with Gasteiger partial charge in [0.05, 0.1) is 6.42 Å². The molecule has 0 aliphatic heterocycles. The Labute approximate surface area is 134 Å². The molecule has 0 saturated heterocycles. The first kappa shape index (κ1) is 23.4. The largest absolute Gasteiger partial charge is 3.00 e. The van der Waals surface area contributed by atoms with E-state index in [1.807, 2.05) is 0 Å². The van der Waals surface area contributed by atoms with Gasteiger partial charge in [0.25, 0.3) is 10.1 Å². The van der Waals surface area contributed by atoms with Crippen molar-refractivity contribution >= 4 is 29.9 Å². The van der Waals surface area contributed by atoms with E-state index in [1.54, 1.807) is 0 Å². The van der Waals surface area contributed by atoms with Crippen molar-refractivity contribution in [3.63, 3.8) is 0 Å². The first-order valence-corrected chi connectivity index (χ1v) is 6.35. The van der Waals surface area contributed by atoms with E-state index in [0.717, 1.165) is 0 Å². The SMILES string of the molecule is O=C(O)CC(C(=O)O)S(=O)(=O)O.O=P([O-])([O-])[O-].[Ce+3]. The molecule has 0 aromatic heterocycles. The summed E-state index contributed by atoms with van der Waals surface area (Å²) >= 11 is 0. The van der Waals surface area contributed by atoms with Gasteiger partial charge in [-0.3, -0.25) is 14.1 Å². The topological polar surface area (TPSA) is 215 Å². The Hall–Kier alpha value is 0.337. The predicted molar refractivity (Wildman–Crippen MR) is 42.8 cm³/mol. The monoisotopic (exact) mass is 433 g/mol. The molecule has 1 atom stereocenters. The van der Waals surface area contributed by atoms with Crippen molar-refractivity contribution in [1.29, 1.82) is 0 Å². The number of carboxylic acids is 2. The van der Waals surface area contributed by atoms with Gasteiger partial charge in [-0.05, 0) is 0 Å². The summed E-state index contributed by atoms with van der Waals surface area (Å²) in [6.07, 6.45) is -1.16. The molecule has 0 aromatic carbocycles. The fourth-order valence-corrected chi connectivity index (χ4v) is 1.09. The molecule has 0 heterocycles. The molecule has 3 N–H and O–H groups in total. The number of hydrogen-bond acceptors (Lipinski definition) is 8. The average Bonchev–Trinajstić information content (AvgIpc) is 1.93. The van der Waals surface area contributed by atoms with Crippen molar-refractivity contribution in [3.05, 3.63) is 0 Å². The van der Waals surface area contributed by atoms with Gasteiger partial charge < -0.3 is 29.5 Å². The van der Waals surface area contributed by atoms with E-state index in [9.17, 15) is 18.0 Å². The van der Waals surface area contributed by atoms with E-state index in [0.29, 0.717) is 0 Å². The summed E-state index contributed by atoms with van der Waals surface area (Å²) in [7, 11) is -10.2. The van der Waals surface area contributed by atoms with E-state index in [2.05, 4.69) is 0 Å². The van der Waals surface area contributed by atoms with Crippen LogP contribution in [0.25, 0.3) is 0 Å². The van der Waals surface area contributed by atoms with E-state index < -0.39 is 41.6 Å². The fraction of sp³-hybridized carbons (Fsp3) is 0.500. The van der Waals surface area contributed by atoms with E-state index >= 15 is 0 Å². The molecule has 11 nitrogen and oxygen atoms in total. The molecule has 0 fully saturated rings. The van der Waals surface area contributed by atoms with Crippen molar-refractivity contribution in [3.8, 4) is 0 Å². The normalized spacial score (nSPS) is 12.4. The molecule has 0 aliphatic carbocycles. The number of phosphoric acid groups is 1. The Balaban J connectivity index is -0.000000321. The van der Waals surface area contributed by atoms with Crippen LogP contribution in [0.15, 0.2) is 0 Å². The quantitative estimate of drug-likeness (QED) is 0.287. The summed E-state index contributed by atoms with van der Waals surface area (Å²) in [4.78, 5) is 45.6. The minimum Gasteiger partial charge on any atom is -0.822 e. The molecule has 0 spiro atoms. The van der Waals surface area contributed by atoms with Crippen LogP contribution in [0.5, 0.6) is 0 Å². The van der Waals surface area contributed by atoms with Gasteiger partial charge in [-0.1, -0.05) is 0 Å². The van der Waals surface area contributed by atoms with Crippen LogP contribution < -0.4 is 14.7 Å². The van der Waals surface area contributed by atoms with Crippen LogP contribution >= 0.6 is 7.82 Å². The molecule has 1 radical (unpaired) electrons. The second kappa shape index (κ2) is 9.27. The summed E-state index contributed by atoms with van der Waals surface area (Å²) in [5.74, 6) is -3.50. The van der Waals surface area contributed by atoms with Crippen LogP contribution in [0.2, 0.25) is 0 Å². The molecule has 18 heavy (non-hydrogen) atoms.